The predicted octanol–water partition coefficient (Wildman–Crippen LogP) is 2.41. The molecule has 0 saturated heterocycles. The predicted molar refractivity (Wildman–Crippen MR) is 82.7 cm³/mol. The molecule has 1 N–H and O–H groups in total. The van der Waals surface area contributed by atoms with Crippen molar-refractivity contribution in [2.75, 3.05) is 5.32 Å². The molecule has 0 atom stereocenters. The second-order valence-corrected chi connectivity index (χ2v) is 5.07. The Kier molecular flexibility index (Phi) is 4.75. The third-order valence-electron chi connectivity index (χ3n) is 3.01. The van der Waals surface area contributed by atoms with Gasteiger partial charge in [-0.2, -0.15) is 0 Å². The highest BCUT2D eigenvalue weighted by molar-refractivity contribution is 6.29. The molecule has 1 amide bonds. The van der Waals surface area contributed by atoms with Gasteiger partial charge in [0.25, 0.3) is 5.56 Å². The number of aromatic nitrogens is 2. The van der Waals surface area contributed by atoms with E-state index in [1.165, 1.54) is 10.6 Å². The van der Waals surface area contributed by atoms with Crippen molar-refractivity contribution in [3.05, 3.63) is 57.2 Å². The smallest absolute Gasteiger partial charge is 0.255 e. The summed E-state index contributed by atoms with van der Waals surface area (Å²) in [4.78, 5) is 28.0. The number of amides is 1. The normalized spacial score (nSPS) is 10.4. The molecule has 2 rings (SSSR count). The Morgan fingerprint density at radius 3 is 2.62 bits per heavy atom. The Morgan fingerprint density at radius 2 is 2.00 bits per heavy atom. The van der Waals surface area contributed by atoms with Gasteiger partial charge in [-0.15, -0.1) is 0 Å². The first kappa shape index (κ1) is 15.3. The largest absolute Gasteiger partial charge is 0.325 e. The van der Waals surface area contributed by atoms with E-state index < -0.39 is 0 Å². The summed E-state index contributed by atoms with van der Waals surface area (Å²) >= 11 is 5.76. The summed E-state index contributed by atoms with van der Waals surface area (Å²) in [6.45, 7) is 3.74. The van der Waals surface area contributed by atoms with Gasteiger partial charge in [-0.1, -0.05) is 36.2 Å². The van der Waals surface area contributed by atoms with Crippen LogP contribution in [0.2, 0.25) is 5.15 Å². The van der Waals surface area contributed by atoms with E-state index in [1.54, 1.807) is 0 Å². The number of benzene rings is 1. The maximum atomic E-state index is 12.0. The lowest BCUT2D eigenvalue weighted by molar-refractivity contribution is -0.116. The zero-order chi connectivity index (χ0) is 15.4. The van der Waals surface area contributed by atoms with Gasteiger partial charge in [0.15, 0.2) is 0 Å². The van der Waals surface area contributed by atoms with Crippen molar-refractivity contribution in [2.45, 2.75) is 26.8 Å². The molecule has 0 fully saturated rings. The van der Waals surface area contributed by atoms with Crippen LogP contribution in [0.5, 0.6) is 0 Å². The first-order valence-electron chi connectivity index (χ1n) is 6.62. The van der Waals surface area contributed by atoms with Gasteiger partial charge < -0.3 is 5.32 Å². The number of hydrogen-bond acceptors (Lipinski definition) is 3. The number of carbonyl (C=O) groups is 1. The number of anilines is 1. The van der Waals surface area contributed by atoms with Crippen LogP contribution in [-0.2, 0) is 17.8 Å². The Hall–Kier alpha value is -2.14. The maximum Gasteiger partial charge on any atom is 0.255 e. The highest BCUT2D eigenvalue weighted by atomic mass is 35.5. The Balaban J connectivity index is 2.16. The lowest BCUT2D eigenvalue weighted by atomic mass is 10.2. The Morgan fingerprint density at radius 1 is 1.33 bits per heavy atom. The summed E-state index contributed by atoms with van der Waals surface area (Å²) in [5.74, 6) is 0.214. The molecule has 0 aliphatic carbocycles. The molecule has 1 aromatic heterocycles. The van der Waals surface area contributed by atoms with Gasteiger partial charge in [0.1, 0.15) is 17.5 Å². The van der Waals surface area contributed by atoms with Gasteiger partial charge >= 0.3 is 0 Å². The molecule has 6 heteroatoms. The summed E-state index contributed by atoms with van der Waals surface area (Å²) in [5, 5.41) is 2.90. The van der Waals surface area contributed by atoms with Crippen LogP contribution in [0, 0.1) is 6.92 Å². The van der Waals surface area contributed by atoms with E-state index in [4.69, 9.17) is 11.6 Å². The van der Waals surface area contributed by atoms with Crippen LogP contribution in [0.1, 0.15) is 18.3 Å². The minimum Gasteiger partial charge on any atom is -0.325 e. The average Bonchev–Trinajstić information content (AvgIpc) is 2.44. The zero-order valence-electron chi connectivity index (χ0n) is 11.9. The fraction of sp³-hybridized carbons (Fsp3) is 0.267. The number of halogens is 1. The molecule has 0 unspecified atom stereocenters. The third-order valence-corrected chi connectivity index (χ3v) is 3.20. The topological polar surface area (TPSA) is 64.0 Å². The summed E-state index contributed by atoms with van der Waals surface area (Å²) < 4.78 is 1.33. The minimum atomic E-state index is -0.328. The number of hydrogen-bond donors (Lipinski definition) is 1. The van der Waals surface area contributed by atoms with Crippen LogP contribution >= 0.6 is 11.6 Å². The molecule has 0 aliphatic rings. The first-order valence-corrected chi connectivity index (χ1v) is 7.00. The highest BCUT2D eigenvalue weighted by Crippen LogP contribution is 2.09. The van der Waals surface area contributed by atoms with Gasteiger partial charge in [-0.3, -0.25) is 14.2 Å². The van der Waals surface area contributed by atoms with Crippen molar-refractivity contribution in [1.29, 1.82) is 0 Å². The monoisotopic (exact) mass is 305 g/mol. The molecule has 0 bridgehead atoms. The molecule has 21 heavy (non-hydrogen) atoms. The van der Waals surface area contributed by atoms with E-state index >= 15 is 0 Å². The molecule has 2 aromatic rings. The summed E-state index contributed by atoms with van der Waals surface area (Å²) in [5.41, 5.74) is 1.48. The molecule has 1 heterocycles. The van der Waals surface area contributed by atoms with E-state index in [9.17, 15) is 9.59 Å². The fourth-order valence-corrected chi connectivity index (χ4v) is 2.13. The molecule has 5 nitrogen and oxygen atoms in total. The maximum absolute atomic E-state index is 12.0. The number of aryl methyl sites for hydroxylation is 2. The minimum absolute atomic E-state index is 0.0833. The van der Waals surface area contributed by atoms with Crippen LogP contribution in [0.3, 0.4) is 0 Å². The number of nitrogens with zero attached hydrogens (tertiary/aromatic N) is 2. The standard InChI is InChI=1S/C15H16ClN3O2/c1-3-13-18-12(16)8-15(21)19(13)9-14(20)17-11-6-4-10(2)5-7-11/h4-8H,3,9H2,1-2H3,(H,17,20). The van der Waals surface area contributed by atoms with E-state index in [0.717, 1.165) is 5.56 Å². The molecule has 0 saturated carbocycles. The second kappa shape index (κ2) is 6.54. The number of carbonyl (C=O) groups excluding carboxylic acids is 1. The summed E-state index contributed by atoms with van der Waals surface area (Å²) in [7, 11) is 0. The van der Waals surface area contributed by atoms with Crippen molar-refractivity contribution in [1.82, 2.24) is 9.55 Å². The summed E-state index contributed by atoms with van der Waals surface area (Å²) in [6.07, 6.45) is 0.521. The number of rotatable bonds is 4. The van der Waals surface area contributed by atoms with Crippen LogP contribution in [-0.4, -0.2) is 15.5 Å². The van der Waals surface area contributed by atoms with Crippen molar-refractivity contribution in [2.24, 2.45) is 0 Å². The molecule has 0 aliphatic heterocycles. The summed E-state index contributed by atoms with van der Waals surface area (Å²) in [6, 6.07) is 8.65. The fourth-order valence-electron chi connectivity index (χ4n) is 1.94. The van der Waals surface area contributed by atoms with Crippen molar-refractivity contribution < 1.29 is 4.79 Å². The lowest BCUT2D eigenvalue weighted by Crippen LogP contribution is -2.30. The van der Waals surface area contributed by atoms with E-state index in [1.807, 2.05) is 38.1 Å². The average molecular weight is 306 g/mol. The van der Waals surface area contributed by atoms with Crippen molar-refractivity contribution >= 4 is 23.2 Å². The molecule has 1 aromatic carbocycles. The van der Waals surface area contributed by atoms with E-state index in [0.29, 0.717) is 17.9 Å². The van der Waals surface area contributed by atoms with Crippen molar-refractivity contribution in [3.63, 3.8) is 0 Å². The van der Waals surface area contributed by atoms with E-state index in [-0.39, 0.29) is 23.2 Å². The second-order valence-electron chi connectivity index (χ2n) is 4.69. The molecule has 110 valence electrons. The highest BCUT2D eigenvalue weighted by Gasteiger charge is 2.10. The van der Waals surface area contributed by atoms with Gasteiger partial charge in [0, 0.05) is 18.2 Å². The van der Waals surface area contributed by atoms with Gasteiger partial charge in [-0.25, -0.2) is 4.98 Å². The van der Waals surface area contributed by atoms with Gasteiger partial charge in [0.05, 0.1) is 0 Å². The molecule has 0 radical (unpaired) electrons. The first-order chi connectivity index (χ1) is 9.99. The van der Waals surface area contributed by atoms with Crippen LogP contribution in [0.4, 0.5) is 5.69 Å². The SMILES string of the molecule is CCc1nc(Cl)cc(=O)n1CC(=O)Nc1ccc(C)cc1. The lowest BCUT2D eigenvalue weighted by Gasteiger charge is -2.11. The third kappa shape index (κ3) is 3.92. The molecule has 0 spiro atoms. The quantitative estimate of drug-likeness (QED) is 0.882. The van der Waals surface area contributed by atoms with Gasteiger partial charge in [0.2, 0.25) is 5.91 Å². The van der Waals surface area contributed by atoms with Crippen molar-refractivity contribution in [3.8, 4) is 0 Å². The number of nitrogens with one attached hydrogen (secondary N) is 1. The molecular weight excluding hydrogens is 290 g/mol. The zero-order valence-corrected chi connectivity index (χ0v) is 12.6. The Bertz CT molecular complexity index is 708. The van der Waals surface area contributed by atoms with Gasteiger partial charge in [-0.05, 0) is 19.1 Å². The Labute approximate surface area is 127 Å². The van der Waals surface area contributed by atoms with E-state index in [2.05, 4.69) is 10.3 Å². The van der Waals surface area contributed by atoms with Crippen LogP contribution in [0.15, 0.2) is 35.1 Å². The molecular formula is C15H16ClN3O2. The van der Waals surface area contributed by atoms with Crippen LogP contribution in [0.25, 0.3) is 0 Å². The van der Waals surface area contributed by atoms with Crippen LogP contribution < -0.4 is 10.9 Å².